The summed E-state index contributed by atoms with van der Waals surface area (Å²) < 4.78 is 10.9. The van der Waals surface area contributed by atoms with Gasteiger partial charge >= 0.3 is 0 Å². The van der Waals surface area contributed by atoms with Crippen molar-refractivity contribution in [3.63, 3.8) is 0 Å². The van der Waals surface area contributed by atoms with E-state index >= 15 is 0 Å². The molecule has 0 fully saturated rings. The molecule has 0 bridgehead atoms. The van der Waals surface area contributed by atoms with Gasteiger partial charge in [-0.1, -0.05) is 12.1 Å². The minimum atomic E-state index is 0.299. The van der Waals surface area contributed by atoms with Crippen molar-refractivity contribution in [3.8, 4) is 22.9 Å². The van der Waals surface area contributed by atoms with Crippen molar-refractivity contribution in [1.29, 1.82) is 0 Å². The standard InChI is InChI=1S/C25H20N4O2S/c1-4-16-17(5-1)22-20(16)21-24(27-10-8-14-6-7-18-19(11-14)31-13-30-18)28-23(29-25(21)32-22)15-3-2-9-26-12-15/h2-4,6-7,9,11-12,17H,1,5,8,10,13H2,(H,27,28,29). The van der Waals surface area contributed by atoms with E-state index in [2.05, 4.69) is 28.5 Å². The number of anilines is 1. The van der Waals surface area contributed by atoms with Crippen molar-refractivity contribution < 1.29 is 9.47 Å². The predicted molar refractivity (Wildman–Crippen MR) is 125 cm³/mol. The van der Waals surface area contributed by atoms with E-state index in [0.29, 0.717) is 12.7 Å². The largest absolute Gasteiger partial charge is 0.454 e. The number of nitrogens with one attached hydrogen (secondary N) is 1. The normalized spacial score (nSPS) is 17.6. The van der Waals surface area contributed by atoms with Crippen LogP contribution in [0.15, 0.2) is 48.8 Å². The molecule has 0 spiro atoms. The third kappa shape index (κ3) is 2.74. The number of thiophene rings is 1. The van der Waals surface area contributed by atoms with Crippen LogP contribution in [0.5, 0.6) is 11.5 Å². The Bertz CT molecular complexity index is 1400. The van der Waals surface area contributed by atoms with E-state index in [1.54, 1.807) is 6.20 Å². The maximum Gasteiger partial charge on any atom is 0.231 e. The van der Waals surface area contributed by atoms with Crippen LogP contribution in [0.4, 0.5) is 5.82 Å². The van der Waals surface area contributed by atoms with Gasteiger partial charge in [-0.3, -0.25) is 4.98 Å². The zero-order valence-corrected chi connectivity index (χ0v) is 18.1. The Kier molecular flexibility index (Phi) is 3.99. The second kappa shape index (κ2) is 7.03. The average Bonchev–Trinajstić information content (AvgIpc) is 3.53. The Morgan fingerprint density at radius 1 is 1.12 bits per heavy atom. The molecule has 7 heteroatoms. The molecule has 6 nitrogen and oxygen atoms in total. The fraction of sp³-hybridized carbons (Fsp3) is 0.240. The Labute approximate surface area is 189 Å². The van der Waals surface area contributed by atoms with Gasteiger partial charge in [-0.15, -0.1) is 11.3 Å². The van der Waals surface area contributed by atoms with Crippen LogP contribution < -0.4 is 14.8 Å². The lowest BCUT2D eigenvalue weighted by Crippen LogP contribution is -2.11. The summed E-state index contributed by atoms with van der Waals surface area (Å²) in [5.74, 6) is 3.88. The highest BCUT2D eigenvalue weighted by Gasteiger charge is 2.39. The second-order valence-corrected chi connectivity index (χ2v) is 9.34. The molecule has 0 amide bonds. The zero-order valence-electron chi connectivity index (χ0n) is 17.3. The summed E-state index contributed by atoms with van der Waals surface area (Å²) in [4.78, 5) is 16.7. The third-order valence-corrected chi connectivity index (χ3v) is 7.64. The molecule has 1 unspecified atom stereocenters. The van der Waals surface area contributed by atoms with Crippen LogP contribution in [-0.2, 0) is 6.42 Å². The van der Waals surface area contributed by atoms with E-state index in [9.17, 15) is 0 Å². The van der Waals surface area contributed by atoms with Gasteiger partial charge in [0, 0.05) is 40.9 Å². The molecule has 32 heavy (non-hydrogen) atoms. The van der Waals surface area contributed by atoms with E-state index in [-0.39, 0.29) is 0 Å². The van der Waals surface area contributed by atoms with E-state index in [1.807, 2.05) is 35.7 Å². The molecule has 0 saturated carbocycles. The number of ether oxygens (including phenoxy) is 2. The summed E-state index contributed by atoms with van der Waals surface area (Å²) in [6.45, 7) is 1.07. The molecule has 1 atom stereocenters. The Morgan fingerprint density at radius 3 is 3.03 bits per heavy atom. The van der Waals surface area contributed by atoms with Gasteiger partial charge in [0.05, 0.1) is 5.39 Å². The highest BCUT2D eigenvalue weighted by Crippen LogP contribution is 2.59. The van der Waals surface area contributed by atoms with Crippen LogP contribution in [0.3, 0.4) is 0 Å². The summed E-state index contributed by atoms with van der Waals surface area (Å²) in [5, 5.41) is 4.79. The number of aromatic nitrogens is 3. The van der Waals surface area contributed by atoms with Crippen LogP contribution in [0, 0.1) is 0 Å². The second-order valence-electron chi connectivity index (χ2n) is 8.31. The minimum Gasteiger partial charge on any atom is -0.454 e. The smallest absolute Gasteiger partial charge is 0.231 e. The molecular weight excluding hydrogens is 420 g/mol. The first-order chi connectivity index (χ1) is 15.8. The molecule has 3 aromatic heterocycles. The van der Waals surface area contributed by atoms with Crippen molar-refractivity contribution in [2.45, 2.75) is 25.2 Å². The van der Waals surface area contributed by atoms with Gasteiger partial charge in [0.1, 0.15) is 10.6 Å². The Morgan fingerprint density at radius 2 is 2.09 bits per heavy atom. The third-order valence-electron chi connectivity index (χ3n) is 6.44. The van der Waals surface area contributed by atoms with Crippen LogP contribution in [-0.4, -0.2) is 28.3 Å². The van der Waals surface area contributed by atoms with Gasteiger partial charge in [-0.05, 0) is 54.7 Å². The first-order valence-electron chi connectivity index (χ1n) is 10.9. The maximum atomic E-state index is 5.52. The van der Waals surface area contributed by atoms with Crippen LogP contribution >= 0.6 is 11.3 Å². The zero-order chi connectivity index (χ0) is 21.1. The molecule has 1 aromatic carbocycles. The van der Waals surface area contributed by atoms with Crippen molar-refractivity contribution in [1.82, 2.24) is 15.0 Å². The highest BCUT2D eigenvalue weighted by molar-refractivity contribution is 7.19. The summed E-state index contributed by atoms with van der Waals surface area (Å²) in [6.07, 6.45) is 9.25. The number of hydrogen-bond acceptors (Lipinski definition) is 7. The topological polar surface area (TPSA) is 69.2 Å². The van der Waals surface area contributed by atoms with Crippen molar-refractivity contribution in [3.05, 3.63) is 64.8 Å². The number of hydrogen-bond donors (Lipinski definition) is 1. The van der Waals surface area contributed by atoms with Gasteiger partial charge in [-0.25, -0.2) is 9.97 Å². The maximum absolute atomic E-state index is 5.52. The molecule has 3 aliphatic rings. The van der Waals surface area contributed by atoms with Gasteiger partial charge in [0.2, 0.25) is 6.79 Å². The van der Waals surface area contributed by atoms with Crippen LogP contribution in [0.25, 0.3) is 27.2 Å². The molecule has 7 rings (SSSR count). The Hall–Kier alpha value is -3.45. The number of rotatable bonds is 5. The SMILES string of the molecule is C1=C2c3c(sc4nc(-c5cccnc5)nc(NCCc5ccc6c(c5)OCO6)c34)C2CC1. The Balaban J connectivity index is 1.24. The van der Waals surface area contributed by atoms with Crippen molar-refractivity contribution >= 4 is 32.9 Å². The van der Waals surface area contributed by atoms with E-state index < -0.39 is 0 Å². The lowest BCUT2D eigenvalue weighted by atomic mass is 9.80. The van der Waals surface area contributed by atoms with Gasteiger partial charge in [0.15, 0.2) is 17.3 Å². The average molecular weight is 441 g/mol. The summed E-state index contributed by atoms with van der Waals surface area (Å²) in [5.41, 5.74) is 5.00. The van der Waals surface area contributed by atoms with Gasteiger partial charge < -0.3 is 14.8 Å². The number of fused-ring (bicyclic) bond motifs is 7. The van der Waals surface area contributed by atoms with Crippen LogP contribution in [0.1, 0.15) is 34.8 Å². The predicted octanol–water partition coefficient (Wildman–Crippen LogP) is 5.41. The number of nitrogens with zero attached hydrogens (tertiary/aromatic N) is 3. The minimum absolute atomic E-state index is 0.299. The summed E-state index contributed by atoms with van der Waals surface area (Å²) in [7, 11) is 0. The van der Waals surface area contributed by atoms with Gasteiger partial charge in [-0.2, -0.15) is 0 Å². The quantitative estimate of drug-likeness (QED) is 0.447. The summed E-state index contributed by atoms with van der Waals surface area (Å²) >= 11 is 1.83. The molecule has 1 N–H and O–H groups in total. The lowest BCUT2D eigenvalue weighted by molar-refractivity contribution is 0.174. The molecule has 2 aliphatic carbocycles. The fourth-order valence-electron chi connectivity index (χ4n) is 4.90. The monoisotopic (exact) mass is 440 g/mol. The van der Waals surface area contributed by atoms with Gasteiger partial charge in [0.25, 0.3) is 0 Å². The van der Waals surface area contributed by atoms with E-state index in [0.717, 1.165) is 46.5 Å². The molecule has 0 radical (unpaired) electrons. The number of allylic oxidation sites excluding steroid dienone is 2. The van der Waals surface area contributed by atoms with E-state index in [1.165, 1.54) is 39.8 Å². The lowest BCUT2D eigenvalue weighted by Gasteiger charge is -2.26. The molecule has 4 aromatic rings. The first-order valence-corrected chi connectivity index (χ1v) is 11.7. The molecular formula is C25H20N4O2S. The fourth-order valence-corrected chi connectivity index (χ4v) is 6.25. The number of pyridine rings is 1. The van der Waals surface area contributed by atoms with Crippen LogP contribution in [0.2, 0.25) is 0 Å². The molecule has 1 aliphatic heterocycles. The highest BCUT2D eigenvalue weighted by atomic mass is 32.1. The molecule has 4 heterocycles. The number of benzene rings is 1. The van der Waals surface area contributed by atoms with Crippen molar-refractivity contribution in [2.24, 2.45) is 0 Å². The first kappa shape index (κ1) is 18.2. The van der Waals surface area contributed by atoms with E-state index in [4.69, 9.17) is 19.4 Å². The molecule has 158 valence electrons. The summed E-state index contributed by atoms with van der Waals surface area (Å²) in [6, 6.07) is 10.1. The van der Waals surface area contributed by atoms with Crippen molar-refractivity contribution in [2.75, 3.05) is 18.7 Å². The molecule has 0 saturated heterocycles.